The molecule has 5 rings (SSSR count). The Hall–Kier alpha value is -3.79. The van der Waals surface area contributed by atoms with Crippen LogP contribution >= 0.6 is 0 Å². The highest BCUT2D eigenvalue weighted by Gasteiger charge is 2.21. The van der Waals surface area contributed by atoms with Gasteiger partial charge < -0.3 is 0 Å². The van der Waals surface area contributed by atoms with E-state index in [-0.39, 0.29) is 0 Å². The Morgan fingerprint density at radius 3 is 2.03 bits per heavy atom. The Bertz CT molecular complexity index is 1280. The number of hydrogen-bond donors (Lipinski definition) is 0. The van der Waals surface area contributed by atoms with Gasteiger partial charge in [0.05, 0.1) is 5.69 Å². The molecule has 0 atom stereocenters. The molecule has 4 nitrogen and oxygen atoms in total. The molecule has 0 saturated carbocycles. The van der Waals surface area contributed by atoms with Crippen molar-refractivity contribution >= 4 is 11.0 Å². The van der Waals surface area contributed by atoms with Crippen LogP contribution in [0.15, 0.2) is 91.4 Å². The fourth-order valence-corrected chi connectivity index (χ4v) is 3.94. The molecule has 3 aromatic heterocycles. The van der Waals surface area contributed by atoms with Gasteiger partial charge in [0, 0.05) is 47.2 Å². The van der Waals surface area contributed by atoms with Crippen molar-refractivity contribution in [2.75, 3.05) is 0 Å². The van der Waals surface area contributed by atoms with Crippen LogP contribution in [-0.4, -0.2) is 19.7 Å². The Kier molecular flexibility index (Phi) is 4.81. The number of benzene rings is 2. The lowest BCUT2D eigenvalue weighted by atomic mass is 9.90. The number of rotatable bonds is 5. The van der Waals surface area contributed by atoms with E-state index in [0.29, 0.717) is 0 Å². The Morgan fingerprint density at radius 1 is 0.733 bits per heavy atom. The summed E-state index contributed by atoms with van der Waals surface area (Å²) in [5.41, 5.74) is 7.32. The second kappa shape index (κ2) is 7.91. The van der Waals surface area contributed by atoms with Gasteiger partial charge in [-0.3, -0.25) is 9.67 Å². The minimum atomic E-state index is 0.777. The zero-order valence-corrected chi connectivity index (χ0v) is 16.9. The van der Waals surface area contributed by atoms with Crippen molar-refractivity contribution < 1.29 is 0 Å². The van der Waals surface area contributed by atoms with Crippen molar-refractivity contribution in [3.8, 4) is 33.5 Å². The third kappa shape index (κ3) is 3.26. The van der Waals surface area contributed by atoms with Crippen LogP contribution in [0, 0.1) is 0 Å². The van der Waals surface area contributed by atoms with E-state index in [2.05, 4.69) is 78.8 Å². The van der Waals surface area contributed by atoms with Gasteiger partial charge in [0.15, 0.2) is 5.65 Å². The van der Waals surface area contributed by atoms with E-state index in [0.717, 1.165) is 57.5 Å². The predicted molar refractivity (Wildman–Crippen MR) is 122 cm³/mol. The quantitative estimate of drug-likeness (QED) is 0.357. The third-order valence-corrected chi connectivity index (χ3v) is 5.25. The van der Waals surface area contributed by atoms with Gasteiger partial charge in [0.2, 0.25) is 0 Å². The first kappa shape index (κ1) is 18.3. The van der Waals surface area contributed by atoms with E-state index in [9.17, 15) is 0 Å². The molecule has 0 bridgehead atoms. The van der Waals surface area contributed by atoms with E-state index in [4.69, 9.17) is 10.1 Å². The van der Waals surface area contributed by atoms with Crippen LogP contribution < -0.4 is 0 Å². The molecule has 0 aliphatic heterocycles. The van der Waals surface area contributed by atoms with Crippen molar-refractivity contribution in [3.05, 3.63) is 91.4 Å². The minimum absolute atomic E-state index is 0.777. The van der Waals surface area contributed by atoms with Crippen molar-refractivity contribution in [1.82, 2.24) is 19.7 Å². The molecule has 2 aromatic carbocycles. The van der Waals surface area contributed by atoms with Gasteiger partial charge in [-0.25, -0.2) is 4.98 Å². The number of aromatic nitrogens is 4. The monoisotopic (exact) mass is 390 g/mol. The summed E-state index contributed by atoms with van der Waals surface area (Å²) in [6, 6.07) is 25.0. The Balaban J connectivity index is 1.93. The van der Waals surface area contributed by atoms with Crippen LogP contribution in [0.5, 0.6) is 0 Å². The van der Waals surface area contributed by atoms with Gasteiger partial charge in [-0.1, -0.05) is 67.6 Å². The lowest BCUT2D eigenvalue weighted by Gasteiger charge is -2.16. The summed E-state index contributed by atoms with van der Waals surface area (Å²) in [6.45, 7) is 3.03. The summed E-state index contributed by atoms with van der Waals surface area (Å²) in [7, 11) is 0. The van der Waals surface area contributed by atoms with Crippen LogP contribution in [0.1, 0.15) is 13.3 Å². The minimum Gasteiger partial charge on any atom is -0.270 e. The van der Waals surface area contributed by atoms with Gasteiger partial charge >= 0.3 is 0 Å². The zero-order valence-electron chi connectivity index (χ0n) is 16.9. The first-order chi connectivity index (χ1) is 14.8. The lowest BCUT2D eigenvalue weighted by molar-refractivity contribution is 0.607. The molecule has 0 N–H and O–H groups in total. The molecule has 0 saturated heterocycles. The van der Waals surface area contributed by atoms with E-state index < -0.39 is 0 Å². The fourth-order valence-electron chi connectivity index (χ4n) is 3.94. The molecule has 3 heterocycles. The fraction of sp³-hybridized carbons (Fsp3) is 0.115. The number of pyridine rings is 2. The van der Waals surface area contributed by atoms with Gasteiger partial charge in [-0.2, -0.15) is 5.10 Å². The first-order valence-corrected chi connectivity index (χ1v) is 10.3. The van der Waals surface area contributed by atoms with Crippen LogP contribution in [0.4, 0.5) is 0 Å². The zero-order chi connectivity index (χ0) is 20.3. The standard InChI is InChI=1S/C26H22N4/c1-2-17-30-18-22-23(19-9-5-3-6-10-19)24(20-13-15-27-16-14-20)25(28-26(22)29-30)21-11-7-4-8-12-21/h3-16,18H,2,17H2,1H3. The highest BCUT2D eigenvalue weighted by molar-refractivity contribution is 6.05. The maximum Gasteiger partial charge on any atom is 0.182 e. The van der Waals surface area contributed by atoms with Crippen LogP contribution in [-0.2, 0) is 6.54 Å². The summed E-state index contributed by atoms with van der Waals surface area (Å²) in [5, 5.41) is 5.87. The molecular weight excluding hydrogens is 368 g/mol. The second-order valence-electron chi connectivity index (χ2n) is 7.31. The van der Waals surface area contributed by atoms with Crippen LogP contribution in [0.2, 0.25) is 0 Å². The van der Waals surface area contributed by atoms with Crippen molar-refractivity contribution in [2.45, 2.75) is 19.9 Å². The predicted octanol–water partition coefficient (Wildman–Crippen LogP) is 6.24. The topological polar surface area (TPSA) is 43.6 Å². The highest BCUT2D eigenvalue weighted by atomic mass is 15.3. The molecule has 146 valence electrons. The van der Waals surface area contributed by atoms with Crippen LogP contribution in [0.3, 0.4) is 0 Å². The van der Waals surface area contributed by atoms with Gasteiger partial charge in [0.1, 0.15) is 0 Å². The van der Waals surface area contributed by atoms with Crippen molar-refractivity contribution in [2.24, 2.45) is 0 Å². The molecule has 30 heavy (non-hydrogen) atoms. The lowest BCUT2D eigenvalue weighted by Crippen LogP contribution is -1.97. The van der Waals surface area contributed by atoms with Gasteiger partial charge in [0.25, 0.3) is 0 Å². The summed E-state index contributed by atoms with van der Waals surface area (Å²) in [6.07, 6.45) is 6.83. The average molecular weight is 390 g/mol. The maximum atomic E-state index is 5.06. The SMILES string of the molecule is CCCn1cc2c(-c3ccccc3)c(-c3ccncc3)c(-c3ccccc3)nc2n1. The molecule has 0 amide bonds. The molecule has 0 spiro atoms. The van der Waals surface area contributed by atoms with E-state index in [1.165, 1.54) is 0 Å². The number of fused-ring (bicyclic) bond motifs is 1. The van der Waals surface area contributed by atoms with Gasteiger partial charge in [-0.15, -0.1) is 0 Å². The van der Waals surface area contributed by atoms with Crippen LogP contribution in [0.25, 0.3) is 44.5 Å². The van der Waals surface area contributed by atoms with E-state index in [1.807, 2.05) is 29.2 Å². The van der Waals surface area contributed by atoms with E-state index in [1.54, 1.807) is 0 Å². The number of aryl methyl sites for hydroxylation is 1. The second-order valence-corrected chi connectivity index (χ2v) is 7.31. The van der Waals surface area contributed by atoms with Crippen molar-refractivity contribution in [3.63, 3.8) is 0 Å². The first-order valence-electron chi connectivity index (χ1n) is 10.3. The number of nitrogens with zero attached hydrogens (tertiary/aromatic N) is 4. The normalized spacial score (nSPS) is 11.1. The molecule has 0 aliphatic carbocycles. The molecule has 0 radical (unpaired) electrons. The van der Waals surface area contributed by atoms with E-state index >= 15 is 0 Å². The molecular formula is C26H22N4. The largest absolute Gasteiger partial charge is 0.270 e. The molecule has 0 fully saturated rings. The summed E-state index contributed by atoms with van der Waals surface area (Å²) in [4.78, 5) is 9.29. The summed E-state index contributed by atoms with van der Waals surface area (Å²) < 4.78 is 2.01. The molecule has 5 aromatic rings. The summed E-state index contributed by atoms with van der Waals surface area (Å²) >= 11 is 0. The molecule has 4 heteroatoms. The van der Waals surface area contributed by atoms with Crippen molar-refractivity contribution in [1.29, 1.82) is 0 Å². The molecule has 0 unspecified atom stereocenters. The van der Waals surface area contributed by atoms with Gasteiger partial charge in [-0.05, 0) is 29.7 Å². The maximum absolute atomic E-state index is 5.06. The Labute approximate surface area is 175 Å². The highest BCUT2D eigenvalue weighted by Crippen LogP contribution is 2.42. The number of hydrogen-bond acceptors (Lipinski definition) is 3. The Morgan fingerprint density at radius 2 is 1.37 bits per heavy atom. The summed E-state index contributed by atoms with van der Waals surface area (Å²) in [5.74, 6) is 0. The average Bonchev–Trinajstić information content (AvgIpc) is 3.22. The molecule has 0 aliphatic rings. The smallest absolute Gasteiger partial charge is 0.182 e. The third-order valence-electron chi connectivity index (χ3n) is 5.25.